The van der Waals surface area contributed by atoms with E-state index in [1.807, 2.05) is 12.2 Å². The molecular weight excluding hydrogens is 260 g/mol. The molecular formula is C11H13ClN2O2S. The van der Waals surface area contributed by atoms with E-state index in [9.17, 15) is 8.42 Å². The zero-order chi connectivity index (χ0) is 12.5. The van der Waals surface area contributed by atoms with Crippen molar-refractivity contribution in [1.82, 2.24) is 4.72 Å². The third-order valence-corrected chi connectivity index (χ3v) is 4.66. The van der Waals surface area contributed by atoms with Crippen LogP contribution in [0.2, 0.25) is 5.02 Å². The van der Waals surface area contributed by atoms with Crippen molar-refractivity contribution < 1.29 is 8.42 Å². The van der Waals surface area contributed by atoms with Gasteiger partial charge in [-0.3, -0.25) is 0 Å². The van der Waals surface area contributed by atoms with Crippen LogP contribution in [0, 0.1) is 0 Å². The fourth-order valence-corrected chi connectivity index (χ4v) is 3.74. The molecule has 0 aliphatic heterocycles. The number of halogens is 1. The van der Waals surface area contributed by atoms with E-state index < -0.39 is 10.0 Å². The lowest BCUT2D eigenvalue weighted by Gasteiger charge is -2.14. The van der Waals surface area contributed by atoms with E-state index in [2.05, 4.69) is 4.72 Å². The Bertz CT molecular complexity index is 526. The number of anilines is 1. The third-order valence-electron chi connectivity index (χ3n) is 2.60. The lowest BCUT2D eigenvalue weighted by Crippen LogP contribution is -2.33. The monoisotopic (exact) mass is 272 g/mol. The van der Waals surface area contributed by atoms with Crippen LogP contribution in [0.15, 0.2) is 35.2 Å². The molecule has 1 aliphatic rings. The van der Waals surface area contributed by atoms with Crippen molar-refractivity contribution in [3.05, 3.63) is 35.4 Å². The van der Waals surface area contributed by atoms with E-state index in [0.717, 1.165) is 0 Å². The maximum Gasteiger partial charge on any atom is 0.244 e. The first-order valence-corrected chi connectivity index (χ1v) is 7.08. The van der Waals surface area contributed by atoms with Crippen molar-refractivity contribution in [2.45, 2.75) is 23.8 Å². The van der Waals surface area contributed by atoms with Crippen molar-refractivity contribution in [1.29, 1.82) is 0 Å². The van der Waals surface area contributed by atoms with E-state index in [4.69, 9.17) is 17.3 Å². The van der Waals surface area contributed by atoms with Crippen LogP contribution in [-0.2, 0) is 10.0 Å². The molecule has 2 rings (SSSR count). The van der Waals surface area contributed by atoms with Crippen molar-refractivity contribution in [2.24, 2.45) is 0 Å². The first kappa shape index (κ1) is 12.4. The number of sulfonamides is 1. The summed E-state index contributed by atoms with van der Waals surface area (Å²) in [4.78, 5) is -0.0337. The molecule has 0 fully saturated rings. The summed E-state index contributed by atoms with van der Waals surface area (Å²) < 4.78 is 26.9. The lowest BCUT2D eigenvalue weighted by molar-refractivity contribution is 0.558. The molecule has 0 bridgehead atoms. The molecule has 1 aromatic carbocycles. The van der Waals surface area contributed by atoms with Gasteiger partial charge in [-0.1, -0.05) is 29.8 Å². The van der Waals surface area contributed by atoms with Gasteiger partial charge in [0.1, 0.15) is 4.90 Å². The van der Waals surface area contributed by atoms with Gasteiger partial charge in [0.25, 0.3) is 0 Å². The maximum absolute atomic E-state index is 12.1. The summed E-state index contributed by atoms with van der Waals surface area (Å²) in [6, 6.07) is 4.55. The second-order valence-corrected chi connectivity index (χ2v) is 5.98. The smallest absolute Gasteiger partial charge is 0.244 e. The zero-order valence-corrected chi connectivity index (χ0v) is 10.6. The molecule has 0 saturated heterocycles. The Morgan fingerprint density at radius 1 is 1.29 bits per heavy atom. The maximum atomic E-state index is 12.1. The van der Waals surface area contributed by atoms with Crippen molar-refractivity contribution in [2.75, 3.05) is 5.73 Å². The zero-order valence-electron chi connectivity index (χ0n) is 9.06. The van der Waals surface area contributed by atoms with Crippen LogP contribution in [0.1, 0.15) is 12.8 Å². The molecule has 1 aliphatic carbocycles. The molecule has 17 heavy (non-hydrogen) atoms. The molecule has 0 unspecified atom stereocenters. The lowest BCUT2D eigenvalue weighted by atomic mass is 10.3. The Hall–Kier alpha value is -1.04. The number of rotatable bonds is 3. The summed E-state index contributed by atoms with van der Waals surface area (Å²) in [6.07, 6.45) is 5.29. The average Bonchev–Trinajstić information content (AvgIpc) is 2.68. The summed E-state index contributed by atoms with van der Waals surface area (Å²) in [6.45, 7) is 0. The van der Waals surface area contributed by atoms with Gasteiger partial charge in [-0.25, -0.2) is 13.1 Å². The summed E-state index contributed by atoms with van der Waals surface area (Å²) >= 11 is 5.88. The molecule has 0 atom stereocenters. The van der Waals surface area contributed by atoms with Crippen LogP contribution >= 0.6 is 11.6 Å². The predicted octanol–water partition coefficient (Wildman–Crippen LogP) is 1.92. The first-order valence-electron chi connectivity index (χ1n) is 5.22. The van der Waals surface area contributed by atoms with E-state index in [1.54, 1.807) is 6.07 Å². The van der Waals surface area contributed by atoms with Crippen LogP contribution in [0.5, 0.6) is 0 Å². The summed E-state index contributed by atoms with van der Waals surface area (Å²) in [5, 5.41) is 0.142. The van der Waals surface area contributed by atoms with Crippen molar-refractivity contribution >= 4 is 27.3 Å². The minimum atomic E-state index is -3.65. The first-order chi connectivity index (χ1) is 8.00. The number of nitrogen functional groups attached to an aromatic ring is 1. The fourth-order valence-electron chi connectivity index (χ4n) is 1.80. The molecule has 0 radical (unpaired) electrons. The molecule has 0 spiro atoms. The quantitative estimate of drug-likeness (QED) is 0.652. The van der Waals surface area contributed by atoms with Gasteiger partial charge in [-0.2, -0.15) is 0 Å². The highest BCUT2D eigenvalue weighted by Crippen LogP contribution is 2.27. The molecule has 3 N–H and O–H groups in total. The Balaban J connectivity index is 2.31. The van der Waals surface area contributed by atoms with Crippen LogP contribution in [-0.4, -0.2) is 14.5 Å². The standard InChI is InChI=1S/C11H13ClN2O2S/c12-9-6-3-7-10(13)11(9)17(15,16)14-8-4-1-2-5-8/h1-3,6-8,14H,4-5,13H2. The molecule has 0 saturated carbocycles. The molecule has 6 heteroatoms. The summed E-state index contributed by atoms with van der Waals surface area (Å²) in [7, 11) is -3.65. The molecule has 4 nitrogen and oxygen atoms in total. The number of benzene rings is 1. The number of hydrogen-bond acceptors (Lipinski definition) is 3. The normalized spacial score (nSPS) is 16.5. The average molecular weight is 273 g/mol. The summed E-state index contributed by atoms with van der Waals surface area (Å²) in [5.74, 6) is 0. The highest BCUT2D eigenvalue weighted by molar-refractivity contribution is 7.89. The highest BCUT2D eigenvalue weighted by Gasteiger charge is 2.24. The highest BCUT2D eigenvalue weighted by atomic mass is 35.5. The Kier molecular flexibility index (Phi) is 3.42. The van der Waals surface area contributed by atoms with E-state index in [0.29, 0.717) is 12.8 Å². The minimum Gasteiger partial charge on any atom is -0.398 e. The van der Waals surface area contributed by atoms with Crippen LogP contribution < -0.4 is 10.5 Å². The number of nitrogens with one attached hydrogen (secondary N) is 1. The number of nitrogens with two attached hydrogens (primary N) is 1. The van der Waals surface area contributed by atoms with Gasteiger partial charge >= 0.3 is 0 Å². The largest absolute Gasteiger partial charge is 0.398 e. The SMILES string of the molecule is Nc1cccc(Cl)c1S(=O)(=O)NC1CC=CC1. The Labute approximate surface area is 106 Å². The van der Waals surface area contributed by atoms with Crippen LogP contribution in [0.4, 0.5) is 5.69 Å². The van der Waals surface area contributed by atoms with Gasteiger partial charge in [0, 0.05) is 6.04 Å². The van der Waals surface area contributed by atoms with Crippen molar-refractivity contribution in [3.63, 3.8) is 0 Å². The van der Waals surface area contributed by atoms with Gasteiger partial charge in [0.2, 0.25) is 10.0 Å². The Morgan fingerprint density at radius 3 is 2.53 bits per heavy atom. The Morgan fingerprint density at radius 2 is 1.94 bits per heavy atom. The van der Waals surface area contributed by atoms with Crippen molar-refractivity contribution in [3.8, 4) is 0 Å². The predicted molar refractivity (Wildman–Crippen MR) is 68.3 cm³/mol. The number of hydrogen-bond donors (Lipinski definition) is 2. The van der Waals surface area contributed by atoms with Gasteiger partial charge in [0.05, 0.1) is 10.7 Å². The second kappa shape index (κ2) is 4.68. The van der Waals surface area contributed by atoms with E-state index in [1.165, 1.54) is 12.1 Å². The molecule has 0 aromatic heterocycles. The molecule has 0 heterocycles. The molecule has 92 valence electrons. The fraction of sp³-hybridized carbons (Fsp3) is 0.273. The molecule has 0 amide bonds. The van der Waals surface area contributed by atoms with E-state index >= 15 is 0 Å². The van der Waals surface area contributed by atoms with Gasteiger partial charge in [0.15, 0.2) is 0 Å². The minimum absolute atomic E-state index is 0.0337. The molecule has 1 aromatic rings. The van der Waals surface area contributed by atoms with Crippen LogP contribution in [0.3, 0.4) is 0 Å². The summed E-state index contributed by atoms with van der Waals surface area (Å²) in [5.41, 5.74) is 5.83. The third kappa shape index (κ3) is 2.62. The van der Waals surface area contributed by atoms with Gasteiger partial charge < -0.3 is 5.73 Å². The van der Waals surface area contributed by atoms with E-state index in [-0.39, 0.29) is 21.6 Å². The van der Waals surface area contributed by atoms with Crippen LogP contribution in [0.25, 0.3) is 0 Å². The van der Waals surface area contributed by atoms with Gasteiger partial charge in [-0.15, -0.1) is 0 Å². The van der Waals surface area contributed by atoms with Gasteiger partial charge in [-0.05, 0) is 25.0 Å². The second-order valence-electron chi connectivity index (χ2n) is 3.92. The topological polar surface area (TPSA) is 72.2 Å².